The summed E-state index contributed by atoms with van der Waals surface area (Å²) >= 11 is 5.65. The maximum atomic E-state index is 10.9. The summed E-state index contributed by atoms with van der Waals surface area (Å²) in [5, 5.41) is 0.568. The number of esters is 1. The molecule has 0 bridgehead atoms. The van der Waals surface area contributed by atoms with Gasteiger partial charge in [0.05, 0.1) is 17.3 Å². The van der Waals surface area contributed by atoms with Gasteiger partial charge < -0.3 is 4.74 Å². The molecule has 3 nitrogen and oxygen atoms in total. The highest BCUT2D eigenvalue weighted by Gasteiger charge is 1.94. The number of hydrogen-bond acceptors (Lipinski definition) is 3. The molecular weight excluding hydrogens is 202 g/mol. The van der Waals surface area contributed by atoms with E-state index >= 15 is 0 Å². The van der Waals surface area contributed by atoms with E-state index < -0.39 is 0 Å². The molecule has 0 aliphatic rings. The van der Waals surface area contributed by atoms with Gasteiger partial charge in [-0.3, -0.25) is 4.98 Å². The summed E-state index contributed by atoms with van der Waals surface area (Å²) in [6.07, 6.45) is 4.43. The van der Waals surface area contributed by atoms with E-state index in [1.54, 1.807) is 25.1 Å². The molecule has 0 unspecified atom stereocenters. The Balaban J connectivity index is 2.60. The van der Waals surface area contributed by atoms with E-state index in [2.05, 4.69) is 4.98 Å². The molecule has 0 saturated heterocycles. The molecule has 1 rings (SSSR count). The maximum absolute atomic E-state index is 10.9. The van der Waals surface area contributed by atoms with Gasteiger partial charge in [-0.1, -0.05) is 11.6 Å². The van der Waals surface area contributed by atoms with Crippen molar-refractivity contribution >= 4 is 23.6 Å². The van der Waals surface area contributed by atoms with E-state index in [9.17, 15) is 4.79 Å². The predicted molar refractivity (Wildman–Crippen MR) is 54.9 cm³/mol. The van der Waals surface area contributed by atoms with Crippen LogP contribution in [0.15, 0.2) is 24.4 Å². The van der Waals surface area contributed by atoms with Crippen molar-refractivity contribution in [1.29, 1.82) is 0 Å². The average molecular weight is 212 g/mol. The lowest BCUT2D eigenvalue weighted by atomic mass is 10.3. The molecule has 1 aromatic heterocycles. The van der Waals surface area contributed by atoms with Crippen LogP contribution in [0.2, 0.25) is 5.02 Å². The highest BCUT2D eigenvalue weighted by molar-refractivity contribution is 6.30. The molecule has 0 amide bonds. The highest BCUT2D eigenvalue weighted by Crippen LogP contribution is 2.06. The monoisotopic (exact) mass is 211 g/mol. The third-order valence-corrected chi connectivity index (χ3v) is 1.65. The molecule has 74 valence electrons. The van der Waals surface area contributed by atoms with Gasteiger partial charge in [-0.05, 0) is 25.1 Å². The zero-order chi connectivity index (χ0) is 10.4. The van der Waals surface area contributed by atoms with Crippen molar-refractivity contribution in [3.8, 4) is 0 Å². The van der Waals surface area contributed by atoms with Crippen LogP contribution >= 0.6 is 11.6 Å². The van der Waals surface area contributed by atoms with Crippen LogP contribution in [0.3, 0.4) is 0 Å². The van der Waals surface area contributed by atoms with Gasteiger partial charge >= 0.3 is 5.97 Å². The minimum Gasteiger partial charge on any atom is -0.463 e. The second-order valence-corrected chi connectivity index (χ2v) is 2.92. The minimum atomic E-state index is -0.371. The van der Waals surface area contributed by atoms with Crippen molar-refractivity contribution in [2.45, 2.75) is 6.92 Å². The number of nitrogens with zero attached hydrogens (tertiary/aromatic N) is 1. The third-order valence-electron chi connectivity index (χ3n) is 1.43. The molecule has 14 heavy (non-hydrogen) atoms. The highest BCUT2D eigenvalue weighted by atomic mass is 35.5. The molecule has 1 aromatic rings. The molecule has 0 aliphatic heterocycles. The Morgan fingerprint density at radius 1 is 1.64 bits per heavy atom. The zero-order valence-electron chi connectivity index (χ0n) is 7.74. The number of carbonyl (C=O) groups is 1. The summed E-state index contributed by atoms with van der Waals surface area (Å²) in [7, 11) is 0. The fourth-order valence-electron chi connectivity index (χ4n) is 0.830. The van der Waals surface area contributed by atoms with Gasteiger partial charge in [-0.2, -0.15) is 0 Å². The lowest BCUT2D eigenvalue weighted by Crippen LogP contribution is -1.98. The number of ether oxygens (including phenoxy) is 1. The van der Waals surface area contributed by atoms with E-state index in [1.165, 1.54) is 12.3 Å². The number of aromatic nitrogens is 1. The molecule has 4 heteroatoms. The van der Waals surface area contributed by atoms with E-state index in [-0.39, 0.29) is 5.97 Å². The van der Waals surface area contributed by atoms with Crippen molar-refractivity contribution in [3.63, 3.8) is 0 Å². The van der Waals surface area contributed by atoms with Crippen molar-refractivity contribution in [3.05, 3.63) is 35.1 Å². The third kappa shape index (κ3) is 3.58. The largest absolute Gasteiger partial charge is 0.463 e. The van der Waals surface area contributed by atoms with Crippen molar-refractivity contribution in [1.82, 2.24) is 4.98 Å². The second-order valence-electron chi connectivity index (χ2n) is 2.49. The van der Waals surface area contributed by atoms with Gasteiger partial charge in [-0.25, -0.2) is 4.79 Å². The number of hydrogen-bond donors (Lipinski definition) is 0. The van der Waals surface area contributed by atoms with E-state index in [0.717, 1.165) is 0 Å². The molecular formula is C10H10ClNO2. The minimum absolute atomic E-state index is 0.371. The molecule has 0 aliphatic carbocycles. The van der Waals surface area contributed by atoms with Crippen LogP contribution in [0.1, 0.15) is 12.6 Å². The Morgan fingerprint density at radius 3 is 3.00 bits per heavy atom. The Labute approximate surface area is 87.4 Å². The summed E-state index contributed by atoms with van der Waals surface area (Å²) < 4.78 is 4.71. The van der Waals surface area contributed by atoms with Gasteiger partial charge in [0.15, 0.2) is 0 Å². The smallest absolute Gasteiger partial charge is 0.330 e. The molecule has 0 aromatic carbocycles. The Kier molecular flexibility index (Phi) is 4.13. The topological polar surface area (TPSA) is 39.2 Å². The number of carbonyl (C=O) groups excluding carboxylic acids is 1. The zero-order valence-corrected chi connectivity index (χ0v) is 8.49. The maximum Gasteiger partial charge on any atom is 0.330 e. The fraction of sp³-hybridized carbons (Fsp3) is 0.200. The lowest BCUT2D eigenvalue weighted by Gasteiger charge is -1.95. The summed E-state index contributed by atoms with van der Waals surface area (Å²) in [5.74, 6) is -0.371. The second kappa shape index (κ2) is 5.40. The van der Waals surface area contributed by atoms with Crippen molar-refractivity contribution in [2.75, 3.05) is 6.61 Å². The van der Waals surface area contributed by atoms with Gasteiger partial charge in [0, 0.05) is 12.3 Å². The van der Waals surface area contributed by atoms with E-state index in [0.29, 0.717) is 17.3 Å². The first-order valence-corrected chi connectivity index (χ1v) is 4.56. The normalized spacial score (nSPS) is 10.4. The van der Waals surface area contributed by atoms with Crippen LogP contribution in [-0.2, 0) is 9.53 Å². The fourth-order valence-corrected chi connectivity index (χ4v) is 0.941. The standard InChI is InChI=1S/C10H10ClNO2/c1-2-14-10(13)6-5-9-4-3-8(11)7-12-9/h3-7H,2H2,1H3. The first-order valence-electron chi connectivity index (χ1n) is 4.18. The summed E-state index contributed by atoms with van der Waals surface area (Å²) in [5.41, 5.74) is 0.669. The van der Waals surface area contributed by atoms with Crippen LogP contribution in [0, 0.1) is 0 Å². The quantitative estimate of drug-likeness (QED) is 0.569. The summed E-state index contributed by atoms with van der Waals surface area (Å²) in [4.78, 5) is 14.9. The number of pyridine rings is 1. The molecule has 1 heterocycles. The molecule has 0 radical (unpaired) electrons. The number of halogens is 1. The molecule has 0 N–H and O–H groups in total. The van der Waals surface area contributed by atoms with Gasteiger partial charge in [0.2, 0.25) is 0 Å². The first kappa shape index (κ1) is 10.7. The molecule has 0 fully saturated rings. The van der Waals surface area contributed by atoms with Crippen LogP contribution in [-0.4, -0.2) is 17.6 Å². The van der Waals surface area contributed by atoms with Crippen LogP contribution in [0.5, 0.6) is 0 Å². The first-order chi connectivity index (χ1) is 6.72. The Bertz CT molecular complexity index is 332. The van der Waals surface area contributed by atoms with E-state index in [4.69, 9.17) is 16.3 Å². The predicted octanol–water partition coefficient (Wildman–Crippen LogP) is 2.31. The van der Waals surface area contributed by atoms with E-state index in [1.807, 2.05) is 0 Å². The van der Waals surface area contributed by atoms with Crippen LogP contribution in [0.25, 0.3) is 6.08 Å². The molecule has 0 spiro atoms. The summed E-state index contributed by atoms with van der Waals surface area (Å²) in [6.45, 7) is 2.13. The number of rotatable bonds is 3. The molecule has 0 atom stereocenters. The van der Waals surface area contributed by atoms with Crippen LogP contribution in [0.4, 0.5) is 0 Å². The van der Waals surface area contributed by atoms with Gasteiger partial charge in [0.1, 0.15) is 0 Å². The van der Waals surface area contributed by atoms with Gasteiger partial charge in [0.25, 0.3) is 0 Å². The van der Waals surface area contributed by atoms with Crippen molar-refractivity contribution < 1.29 is 9.53 Å². The average Bonchev–Trinajstić information content (AvgIpc) is 2.17. The SMILES string of the molecule is CCOC(=O)C=Cc1ccc(Cl)cn1. The Hall–Kier alpha value is -1.35. The van der Waals surface area contributed by atoms with Gasteiger partial charge in [-0.15, -0.1) is 0 Å². The Morgan fingerprint density at radius 2 is 2.43 bits per heavy atom. The molecule has 0 saturated carbocycles. The lowest BCUT2D eigenvalue weighted by molar-refractivity contribution is -0.137. The van der Waals surface area contributed by atoms with Crippen LogP contribution < -0.4 is 0 Å². The van der Waals surface area contributed by atoms with Crippen molar-refractivity contribution in [2.24, 2.45) is 0 Å². The summed E-state index contributed by atoms with van der Waals surface area (Å²) in [6, 6.07) is 3.43.